The summed E-state index contributed by atoms with van der Waals surface area (Å²) >= 11 is 0. The van der Waals surface area contributed by atoms with Gasteiger partial charge in [0.25, 0.3) is 5.56 Å². The number of aliphatic hydroxyl groups excluding tert-OH is 1. The van der Waals surface area contributed by atoms with Gasteiger partial charge >= 0.3 is 0 Å². The third kappa shape index (κ3) is 1.42. The van der Waals surface area contributed by atoms with Gasteiger partial charge in [0.2, 0.25) is 0 Å². The Balaban J connectivity index is 2.29. The van der Waals surface area contributed by atoms with Crippen molar-refractivity contribution in [3.8, 4) is 0 Å². The predicted octanol–water partition coefficient (Wildman–Crippen LogP) is 0.584. The number of allylic oxidation sites excluding steroid dienone is 4. The van der Waals surface area contributed by atoms with Crippen molar-refractivity contribution in [3.63, 3.8) is 0 Å². The molecule has 3 rings (SSSR count). The summed E-state index contributed by atoms with van der Waals surface area (Å²) in [5.41, 5.74) is 1.04. The highest BCUT2D eigenvalue weighted by Crippen LogP contribution is 2.19. The maximum absolute atomic E-state index is 11.7. The average Bonchev–Trinajstić information content (AvgIpc) is 2.60. The van der Waals surface area contributed by atoms with Gasteiger partial charge in [0.15, 0.2) is 5.65 Å². The molecule has 0 radical (unpaired) electrons. The lowest BCUT2D eigenvalue weighted by atomic mass is 10.2. The van der Waals surface area contributed by atoms with E-state index in [1.807, 2.05) is 18.2 Å². The van der Waals surface area contributed by atoms with Crippen molar-refractivity contribution >= 4 is 16.7 Å². The van der Waals surface area contributed by atoms with Gasteiger partial charge in [-0.2, -0.15) is 5.10 Å². The molecule has 17 heavy (non-hydrogen) atoms. The fourth-order valence-corrected chi connectivity index (χ4v) is 1.65. The molecule has 0 aliphatic heterocycles. The molecule has 0 spiro atoms. The van der Waals surface area contributed by atoms with Crippen LogP contribution < -0.4 is 5.56 Å². The smallest absolute Gasteiger partial charge is 0.262 e. The van der Waals surface area contributed by atoms with Crippen molar-refractivity contribution in [2.24, 2.45) is 0 Å². The summed E-state index contributed by atoms with van der Waals surface area (Å²) in [5, 5.41) is 14.0. The van der Waals surface area contributed by atoms with E-state index in [0.717, 1.165) is 5.70 Å². The van der Waals surface area contributed by atoms with E-state index in [2.05, 4.69) is 15.1 Å². The second-order valence-corrected chi connectivity index (χ2v) is 3.87. The molecule has 0 fully saturated rings. The van der Waals surface area contributed by atoms with E-state index in [-0.39, 0.29) is 11.4 Å². The summed E-state index contributed by atoms with van der Waals surface area (Å²) in [6, 6.07) is 0. The second-order valence-electron chi connectivity index (χ2n) is 3.87. The number of aromatic nitrogens is 4. The van der Waals surface area contributed by atoms with Crippen LogP contribution in [0.4, 0.5) is 0 Å². The van der Waals surface area contributed by atoms with Crippen LogP contribution >= 0.6 is 0 Å². The molecular weight excluding hydrogens is 220 g/mol. The highest BCUT2D eigenvalue weighted by Gasteiger charge is 2.14. The van der Waals surface area contributed by atoms with Crippen LogP contribution in [0, 0.1) is 0 Å². The van der Waals surface area contributed by atoms with Crippen molar-refractivity contribution in [2.75, 3.05) is 0 Å². The minimum atomic E-state index is -0.818. The van der Waals surface area contributed by atoms with Gasteiger partial charge in [0.05, 0.1) is 11.9 Å². The number of aliphatic hydroxyl groups is 1. The Morgan fingerprint density at radius 2 is 2.29 bits per heavy atom. The van der Waals surface area contributed by atoms with Crippen LogP contribution in [0.3, 0.4) is 0 Å². The van der Waals surface area contributed by atoms with Crippen LogP contribution in [0.25, 0.3) is 16.7 Å². The molecule has 2 heterocycles. The summed E-state index contributed by atoms with van der Waals surface area (Å²) in [5.74, 6) is 0.244. The number of H-pyrrole nitrogens is 1. The lowest BCUT2D eigenvalue weighted by molar-refractivity contribution is 0.189. The zero-order valence-corrected chi connectivity index (χ0v) is 9.08. The Kier molecular flexibility index (Phi) is 1.99. The summed E-state index contributed by atoms with van der Waals surface area (Å²) < 4.78 is 1.58. The predicted molar refractivity (Wildman–Crippen MR) is 62.2 cm³/mol. The van der Waals surface area contributed by atoms with E-state index in [0.29, 0.717) is 11.0 Å². The van der Waals surface area contributed by atoms with Crippen molar-refractivity contribution in [1.82, 2.24) is 19.7 Å². The maximum Gasteiger partial charge on any atom is 0.262 e. The SMILES string of the molecule is C[C@H](O)c1nc2c(cnn2C2=CC=C2)c(=O)[nH]1. The molecular formula is C11H10N4O2. The summed E-state index contributed by atoms with van der Waals surface area (Å²) in [6.45, 7) is 1.55. The number of nitrogens with zero attached hydrogens (tertiary/aromatic N) is 3. The quantitative estimate of drug-likeness (QED) is 0.790. The molecule has 6 heteroatoms. The summed E-state index contributed by atoms with van der Waals surface area (Å²) in [6.07, 6.45) is 6.28. The average molecular weight is 230 g/mol. The molecule has 0 amide bonds. The Bertz CT molecular complexity index is 706. The first-order chi connectivity index (χ1) is 8.16. The lowest BCUT2D eigenvalue weighted by Crippen LogP contribution is -2.14. The molecule has 0 saturated carbocycles. The largest absolute Gasteiger partial charge is 0.385 e. The molecule has 2 aromatic rings. The maximum atomic E-state index is 11.7. The molecule has 0 unspecified atom stereocenters. The Morgan fingerprint density at radius 3 is 2.88 bits per heavy atom. The number of fused-ring (bicyclic) bond motifs is 1. The van der Waals surface area contributed by atoms with E-state index in [9.17, 15) is 9.90 Å². The van der Waals surface area contributed by atoms with Crippen molar-refractivity contribution in [2.45, 2.75) is 13.0 Å². The minimum absolute atomic E-state index is 0.244. The van der Waals surface area contributed by atoms with Crippen molar-refractivity contribution < 1.29 is 5.11 Å². The van der Waals surface area contributed by atoms with Gasteiger partial charge in [-0.15, -0.1) is 0 Å². The van der Waals surface area contributed by atoms with Gasteiger partial charge in [-0.25, -0.2) is 9.67 Å². The second kappa shape index (κ2) is 3.39. The molecule has 1 aliphatic carbocycles. The number of hydrogen-bond donors (Lipinski definition) is 2. The van der Waals surface area contributed by atoms with Crippen LogP contribution in [0.5, 0.6) is 0 Å². The van der Waals surface area contributed by atoms with Crippen LogP contribution in [0.1, 0.15) is 18.9 Å². The number of aromatic amines is 1. The van der Waals surface area contributed by atoms with Crippen LogP contribution in [-0.4, -0.2) is 24.9 Å². The molecule has 2 aromatic heterocycles. The third-order valence-corrected chi connectivity index (χ3v) is 2.63. The molecule has 1 aliphatic rings. The van der Waals surface area contributed by atoms with Crippen molar-refractivity contribution in [1.29, 1.82) is 0 Å². The normalized spacial score (nSPS) is 15.8. The third-order valence-electron chi connectivity index (χ3n) is 2.63. The highest BCUT2D eigenvalue weighted by atomic mass is 16.3. The van der Waals surface area contributed by atoms with Gasteiger partial charge in [-0.3, -0.25) is 4.79 Å². The molecule has 6 nitrogen and oxygen atoms in total. The molecule has 86 valence electrons. The zero-order chi connectivity index (χ0) is 12.0. The molecule has 2 N–H and O–H groups in total. The van der Waals surface area contributed by atoms with E-state index in [1.54, 1.807) is 11.6 Å². The molecule has 0 aromatic carbocycles. The fraction of sp³-hybridized carbons (Fsp3) is 0.182. The first-order valence-electron chi connectivity index (χ1n) is 5.21. The van der Waals surface area contributed by atoms with Gasteiger partial charge in [-0.1, -0.05) is 6.08 Å². The topological polar surface area (TPSA) is 83.8 Å². The first kappa shape index (κ1) is 9.98. The molecule has 0 saturated heterocycles. The Morgan fingerprint density at radius 1 is 1.53 bits per heavy atom. The summed E-state index contributed by atoms with van der Waals surface area (Å²) in [7, 11) is 0. The summed E-state index contributed by atoms with van der Waals surface area (Å²) in [4.78, 5) is 18.5. The lowest BCUT2D eigenvalue weighted by Gasteiger charge is -2.09. The van der Waals surface area contributed by atoms with E-state index in [4.69, 9.17) is 0 Å². The molecule has 1 atom stereocenters. The van der Waals surface area contributed by atoms with E-state index >= 15 is 0 Å². The molecule has 0 bridgehead atoms. The minimum Gasteiger partial charge on any atom is -0.385 e. The van der Waals surface area contributed by atoms with Gasteiger partial charge in [0.1, 0.15) is 17.3 Å². The Labute approximate surface area is 95.9 Å². The zero-order valence-electron chi connectivity index (χ0n) is 9.08. The number of hydrogen-bond acceptors (Lipinski definition) is 4. The van der Waals surface area contributed by atoms with Crippen molar-refractivity contribution in [3.05, 3.63) is 40.6 Å². The monoisotopic (exact) mass is 230 g/mol. The van der Waals surface area contributed by atoms with E-state index in [1.165, 1.54) is 6.20 Å². The van der Waals surface area contributed by atoms with Gasteiger partial charge < -0.3 is 10.1 Å². The fourth-order valence-electron chi connectivity index (χ4n) is 1.65. The first-order valence-corrected chi connectivity index (χ1v) is 5.21. The Hall–Kier alpha value is -2.21. The number of rotatable bonds is 2. The van der Waals surface area contributed by atoms with Crippen LogP contribution in [-0.2, 0) is 0 Å². The highest BCUT2D eigenvalue weighted by molar-refractivity contribution is 5.80. The van der Waals surface area contributed by atoms with Crippen LogP contribution in [0.2, 0.25) is 0 Å². The van der Waals surface area contributed by atoms with E-state index < -0.39 is 6.10 Å². The van der Waals surface area contributed by atoms with Gasteiger partial charge in [-0.05, 0) is 19.1 Å². The van der Waals surface area contributed by atoms with Gasteiger partial charge in [0, 0.05) is 0 Å². The standard InChI is InChI=1S/C11H10N4O2/c1-6(16)9-13-10-8(11(17)14-9)5-12-15(10)7-3-2-4-7/h2-6,16H,1H3,(H,13,14,17)/t6-/m0/s1. The number of nitrogens with one attached hydrogen (secondary N) is 1. The van der Waals surface area contributed by atoms with Crippen LogP contribution in [0.15, 0.2) is 29.2 Å².